The number of aliphatic hydroxyl groups excluding tert-OH is 10. The highest BCUT2D eigenvalue weighted by molar-refractivity contribution is 5.85. The number of alkyl carbamates (subject to hydrolysis) is 1. The Bertz CT molecular complexity index is 1760. The van der Waals surface area contributed by atoms with Crippen LogP contribution in [-0.2, 0) is 29.0 Å². The van der Waals surface area contributed by atoms with E-state index in [9.17, 15) is 60.3 Å². The summed E-state index contributed by atoms with van der Waals surface area (Å²) in [5.41, 5.74) is 5.29. The molecular formula is C46H68N4O15. The summed E-state index contributed by atoms with van der Waals surface area (Å²) >= 11 is 0. The Morgan fingerprint density at radius 1 is 0.554 bits per heavy atom. The van der Waals surface area contributed by atoms with Crippen molar-refractivity contribution in [3.63, 3.8) is 0 Å². The first-order valence-electron chi connectivity index (χ1n) is 21.9. The molecule has 0 aliphatic carbocycles. The van der Waals surface area contributed by atoms with Crippen molar-refractivity contribution in [1.82, 2.24) is 20.9 Å². The number of aryl methyl sites for hydroxylation is 2. The fourth-order valence-electron chi connectivity index (χ4n) is 7.00. The van der Waals surface area contributed by atoms with Crippen LogP contribution in [0.5, 0.6) is 0 Å². The molecule has 0 saturated heterocycles. The number of carbonyl (C=O) groups is 3. The van der Waals surface area contributed by atoms with Gasteiger partial charge in [0.05, 0.1) is 25.4 Å². The van der Waals surface area contributed by atoms with E-state index >= 15 is 0 Å². The lowest BCUT2D eigenvalue weighted by molar-refractivity contribution is -0.130. The minimum atomic E-state index is -1.94. The van der Waals surface area contributed by atoms with Gasteiger partial charge in [-0.1, -0.05) is 78.9 Å². The van der Waals surface area contributed by atoms with E-state index in [4.69, 9.17) is 14.9 Å². The largest absolute Gasteiger partial charge is 0.465 e. The number of hydrogen-bond donors (Lipinski definition) is 14. The minimum Gasteiger partial charge on any atom is -0.465 e. The number of hydrogen-bond acceptors (Lipinski definition) is 15. The standard InChI is InChI=1S/C46H68N4O15/c51-27-38(55)42(59)40(57)36(53)25-50(26-37(54)41(58)43(60)39(56)28-52)24-7-5-13-35(49-45(62)63)44(61)47-23-8-12-31-16-20-34(21-17-31)33-18-14-30(15-19-33)9-4-6-22-48-46(64)65-29-32-10-2-1-3-11-32/h1-3,10-11,14-21,35-43,49,51-60H,4-9,12-13,22-29H2,(H,47,61)(H,48,64)(H,62,63). The zero-order chi connectivity index (χ0) is 47.7. The number of carbonyl (C=O) groups excluding carboxylic acids is 2. The number of nitrogens with zero attached hydrogens (tertiary/aromatic N) is 1. The van der Waals surface area contributed by atoms with Crippen LogP contribution in [0, 0.1) is 0 Å². The van der Waals surface area contributed by atoms with Crippen LogP contribution in [0.3, 0.4) is 0 Å². The molecule has 0 bridgehead atoms. The summed E-state index contributed by atoms with van der Waals surface area (Å²) in [5, 5.41) is 117. The molecular weight excluding hydrogens is 849 g/mol. The number of amides is 3. The van der Waals surface area contributed by atoms with E-state index in [2.05, 4.69) is 40.2 Å². The van der Waals surface area contributed by atoms with Crippen LogP contribution < -0.4 is 16.0 Å². The van der Waals surface area contributed by atoms with Gasteiger partial charge in [-0.15, -0.1) is 0 Å². The van der Waals surface area contributed by atoms with Crippen LogP contribution in [0.4, 0.5) is 9.59 Å². The summed E-state index contributed by atoms with van der Waals surface area (Å²) < 4.78 is 5.24. The average molecular weight is 917 g/mol. The molecule has 3 rings (SSSR count). The van der Waals surface area contributed by atoms with Crippen LogP contribution in [-0.4, -0.2) is 180 Å². The summed E-state index contributed by atoms with van der Waals surface area (Å²) in [6.07, 6.45) is -12.3. The van der Waals surface area contributed by atoms with Gasteiger partial charge < -0.3 is 76.9 Å². The molecule has 0 spiro atoms. The highest BCUT2D eigenvalue weighted by atomic mass is 16.5. The van der Waals surface area contributed by atoms with Crippen molar-refractivity contribution in [2.75, 3.05) is 45.9 Å². The predicted molar refractivity (Wildman–Crippen MR) is 238 cm³/mol. The molecule has 0 radical (unpaired) electrons. The summed E-state index contributed by atoms with van der Waals surface area (Å²) in [4.78, 5) is 37.9. The Labute approximate surface area is 379 Å². The third-order valence-corrected chi connectivity index (χ3v) is 10.9. The first-order chi connectivity index (χ1) is 31.1. The minimum absolute atomic E-state index is 0.0206. The number of unbranched alkanes of at least 4 members (excludes halogenated alkanes) is 2. The average Bonchev–Trinajstić information content (AvgIpc) is 3.31. The molecule has 3 aromatic rings. The van der Waals surface area contributed by atoms with Crippen molar-refractivity contribution in [3.05, 3.63) is 95.6 Å². The molecule has 9 unspecified atom stereocenters. The molecule has 9 atom stereocenters. The molecule has 14 N–H and O–H groups in total. The van der Waals surface area contributed by atoms with Crippen LogP contribution in [0.25, 0.3) is 11.1 Å². The zero-order valence-corrected chi connectivity index (χ0v) is 36.5. The normalized spacial score (nSPS) is 15.7. The Kier molecular flexibility index (Phi) is 24.9. The lowest BCUT2D eigenvalue weighted by Gasteiger charge is -2.33. The molecule has 0 fully saturated rings. The van der Waals surface area contributed by atoms with Crippen molar-refractivity contribution in [3.8, 4) is 11.1 Å². The Morgan fingerprint density at radius 2 is 1.05 bits per heavy atom. The molecule has 0 heterocycles. The van der Waals surface area contributed by atoms with Crippen molar-refractivity contribution in [1.29, 1.82) is 0 Å². The van der Waals surface area contributed by atoms with E-state index in [1.165, 1.54) is 10.5 Å². The number of rotatable bonds is 31. The fourth-order valence-corrected chi connectivity index (χ4v) is 7.00. The molecule has 362 valence electrons. The number of ether oxygens (including phenoxy) is 1. The van der Waals surface area contributed by atoms with E-state index < -0.39 is 99.3 Å². The zero-order valence-electron chi connectivity index (χ0n) is 36.5. The fraction of sp³-hybridized carbons (Fsp3) is 0.543. The van der Waals surface area contributed by atoms with Gasteiger partial charge in [-0.3, -0.25) is 9.69 Å². The van der Waals surface area contributed by atoms with Crippen molar-refractivity contribution >= 4 is 18.1 Å². The third kappa shape index (κ3) is 20.1. The number of aliphatic hydroxyl groups is 10. The maximum absolute atomic E-state index is 13.0. The SMILES string of the molecule is O=C(O)NC(CCCCN(CC(O)C(O)C(O)C(O)CO)CC(O)C(O)C(O)C(O)CO)C(=O)NCCCc1ccc(-c2ccc(CCCCNC(=O)OCc3ccccc3)cc2)cc1. The summed E-state index contributed by atoms with van der Waals surface area (Å²) in [6, 6.07) is 24.8. The quantitative estimate of drug-likeness (QED) is 0.0366. The topological polar surface area (TPSA) is 322 Å². The lowest BCUT2D eigenvalue weighted by atomic mass is 9.99. The van der Waals surface area contributed by atoms with Crippen molar-refractivity contribution in [2.45, 2.75) is 113 Å². The highest BCUT2D eigenvalue weighted by Gasteiger charge is 2.34. The number of benzene rings is 3. The van der Waals surface area contributed by atoms with E-state index in [1.54, 1.807) is 0 Å². The van der Waals surface area contributed by atoms with E-state index in [1.807, 2.05) is 54.6 Å². The van der Waals surface area contributed by atoms with Gasteiger partial charge in [0.2, 0.25) is 5.91 Å². The summed E-state index contributed by atoms with van der Waals surface area (Å²) in [7, 11) is 0. The van der Waals surface area contributed by atoms with Gasteiger partial charge in [0, 0.05) is 26.2 Å². The Hall–Kier alpha value is -4.77. The third-order valence-electron chi connectivity index (χ3n) is 10.9. The van der Waals surface area contributed by atoms with E-state index in [0.29, 0.717) is 19.4 Å². The molecule has 0 aromatic heterocycles. The Morgan fingerprint density at radius 3 is 1.55 bits per heavy atom. The summed E-state index contributed by atoms with van der Waals surface area (Å²) in [5.74, 6) is -0.538. The second-order valence-electron chi connectivity index (χ2n) is 16.1. The summed E-state index contributed by atoms with van der Waals surface area (Å²) in [6.45, 7) is -1.66. The van der Waals surface area contributed by atoms with Gasteiger partial charge in [0.25, 0.3) is 0 Å². The van der Waals surface area contributed by atoms with Crippen LogP contribution >= 0.6 is 0 Å². The van der Waals surface area contributed by atoms with Gasteiger partial charge in [0.15, 0.2) is 0 Å². The van der Waals surface area contributed by atoms with Gasteiger partial charge >= 0.3 is 12.2 Å². The predicted octanol–water partition coefficient (Wildman–Crippen LogP) is -0.368. The number of carboxylic acid groups (broad SMARTS) is 1. The lowest BCUT2D eigenvalue weighted by Crippen LogP contribution is -2.53. The van der Waals surface area contributed by atoms with Crippen molar-refractivity contribution < 1.29 is 75.3 Å². The van der Waals surface area contributed by atoms with Crippen molar-refractivity contribution in [2.24, 2.45) is 0 Å². The number of nitrogens with one attached hydrogen (secondary N) is 3. The van der Waals surface area contributed by atoms with Gasteiger partial charge in [-0.2, -0.15) is 0 Å². The van der Waals surface area contributed by atoms with Gasteiger partial charge in [-0.05, 0) is 85.7 Å². The maximum Gasteiger partial charge on any atom is 0.407 e. The smallest absolute Gasteiger partial charge is 0.407 e. The second-order valence-corrected chi connectivity index (χ2v) is 16.1. The van der Waals surface area contributed by atoms with Gasteiger partial charge in [0.1, 0.15) is 49.3 Å². The second kappa shape index (κ2) is 29.7. The molecule has 0 saturated carbocycles. The molecule has 19 heteroatoms. The van der Waals surface area contributed by atoms with Gasteiger partial charge in [-0.25, -0.2) is 9.59 Å². The molecule has 0 aliphatic heterocycles. The van der Waals surface area contributed by atoms with Crippen LogP contribution in [0.1, 0.15) is 55.2 Å². The van der Waals surface area contributed by atoms with E-state index in [0.717, 1.165) is 41.5 Å². The first-order valence-corrected chi connectivity index (χ1v) is 21.9. The van der Waals surface area contributed by atoms with E-state index in [-0.39, 0.29) is 39.0 Å². The first kappa shape index (κ1) is 54.6. The van der Waals surface area contributed by atoms with Crippen LogP contribution in [0.2, 0.25) is 0 Å². The Balaban J connectivity index is 1.42. The maximum atomic E-state index is 13.0. The molecule has 3 aromatic carbocycles. The molecule has 3 amide bonds. The molecule has 0 aliphatic rings. The highest BCUT2D eigenvalue weighted by Crippen LogP contribution is 2.22. The monoisotopic (exact) mass is 916 g/mol. The molecule has 65 heavy (non-hydrogen) atoms. The van der Waals surface area contributed by atoms with Crippen LogP contribution in [0.15, 0.2) is 78.9 Å². The molecule has 19 nitrogen and oxygen atoms in total.